The third kappa shape index (κ3) is 2.78. The Balaban J connectivity index is 2.04. The molecule has 0 saturated heterocycles. The van der Waals surface area contributed by atoms with Crippen molar-refractivity contribution in [1.82, 2.24) is 0 Å². The zero-order valence-corrected chi connectivity index (χ0v) is 11.7. The Morgan fingerprint density at radius 3 is 2.41 bits per heavy atom. The molecule has 0 unspecified atom stereocenters. The first-order valence-corrected chi connectivity index (χ1v) is 6.87. The van der Waals surface area contributed by atoms with E-state index in [9.17, 15) is 13.9 Å². The van der Waals surface area contributed by atoms with Gasteiger partial charge in [0, 0.05) is 0 Å². The summed E-state index contributed by atoms with van der Waals surface area (Å²) in [6.45, 7) is 0.0391. The van der Waals surface area contributed by atoms with Gasteiger partial charge in [-0.1, -0.05) is 36.4 Å². The fourth-order valence-corrected chi connectivity index (χ4v) is 2.36. The van der Waals surface area contributed by atoms with Crippen LogP contribution in [0.4, 0.5) is 8.78 Å². The molecule has 112 valence electrons. The second-order valence-electron chi connectivity index (χ2n) is 4.99. The summed E-state index contributed by atoms with van der Waals surface area (Å²) in [6, 6.07) is 15.1. The average molecular weight is 300 g/mol. The summed E-state index contributed by atoms with van der Waals surface area (Å²) in [5.41, 5.74) is 1.50. The van der Waals surface area contributed by atoms with Gasteiger partial charge in [-0.2, -0.15) is 0 Å². The maximum Gasteiger partial charge on any atom is 0.170 e. The minimum Gasteiger partial charge on any atom is -0.488 e. The molecule has 0 bridgehead atoms. The Kier molecular flexibility index (Phi) is 4.02. The predicted molar refractivity (Wildman–Crippen MR) is 80.6 cm³/mol. The third-order valence-electron chi connectivity index (χ3n) is 3.45. The van der Waals surface area contributed by atoms with Crippen molar-refractivity contribution in [3.8, 4) is 5.75 Å². The van der Waals surface area contributed by atoms with Gasteiger partial charge in [0.2, 0.25) is 0 Å². The Morgan fingerprint density at radius 2 is 1.68 bits per heavy atom. The Labute approximate surface area is 126 Å². The van der Waals surface area contributed by atoms with Gasteiger partial charge in [-0.05, 0) is 34.7 Å². The minimum atomic E-state index is -0.940. The monoisotopic (exact) mass is 300 g/mol. The summed E-state index contributed by atoms with van der Waals surface area (Å²) in [4.78, 5) is 0. The number of fused-ring (bicyclic) bond motifs is 1. The Bertz CT molecular complexity index is 801. The lowest BCUT2D eigenvalue weighted by Crippen LogP contribution is -1.99. The van der Waals surface area contributed by atoms with Gasteiger partial charge >= 0.3 is 0 Å². The minimum absolute atomic E-state index is 0.0909. The van der Waals surface area contributed by atoms with Crippen LogP contribution < -0.4 is 4.74 Å². The molecule has 0 fully saturated rings. The van der Waals surface area contributed by atoms with Gasteiger partial charge in [0.1, 0.15) is 12.4 Å². The lowest BCUT2D eigenvalue weighted by atomic mass is 10.1. The van der Waals surface area contributed by atoms with Crippen molar-refractivity contribution in [3.05, 3.63) is 77.4 Å². The van der Waals surface area contributed by atoms with Crippen molar-refractivity contribution in [3.63, 3.8) is 0 Å². The van der Waals surface area contributed by atoms with Crippen LogP contribution in [0.1, 0.15) is 11.1 Å². The second-order valence-corrected chi connectivity index (χ2v) is 4.99. The van der Waals surface area contributed by atoms with Crippen LogP contribution in [0, 0.1) is 11.6 Å². The maximum atomic E-state index is 14.1. The number of aliphatic hydroxyl groups excluding tert-OH is 1. The van der Waals surface area contributed by atoms with Crippen molar-refractivity contribution in [2.24, 2.45) is 0 Å². The van der Waals surface area contributed by atoms with Crippen LogP contribution in [0.15, 0.2) is 54.6 Å². The predicted octanol–water partition coefficient (Wildman–Crippen LogP) is 4.19. The Hall–Kier alpha value is -2.46. The smallest absolute Gasteiger partial charge is 0.170 e. The number of aliphatic hydroxyl groups is 1. The molecule has 0 aliphatic carbocycles. The quantitative estimate of drug-likeness (QED) is 0.783. The van der Waals surface area contributed by atoms with Crippen LogP contribution in [0.25, 0.3) is 10.8 Å². The summed E-state index contributed by atoms with van der Waals surface area (Å²) in [5.74, 6) is -1.64. The number of hydrogen-bond donors (Lipinski definition) is 1. The molecule has 0 atom stereocenters. The molecular formula is C18H14F2O2. The molecule has 0 radical (unpaired) electrons. The fraction of sp³-hybridized carbons (Fsp3) is 0.111. The molecule has 3 rings (SSSR count). The summed E-state index contributed by atoms with van der Waals surface area (Å²) in [6.07, 6.45) is 0. The van der Waals surface area contributed by atoms with E-state index < -0.39 is 11.6 Å². The van der Waals surface area contributed by atoms with E-state index in [0.717, 1.165) is 11.6 Å². The first-order chi connectivity index (χ1) is 10.7. The Morgan fingerprint density at radius 1 is 0.909 bits per heavy atom. The zero-order chi connectivity index (χ0) is 15.5. The van der Waals surface area contributed by atoms with Crippen LogP contribution in [0.5, 0.6) is 5.75 Å². The molecule has 0 aromatic heterocycles. The topological polar surface area (TPSA) is 29.5 Å². The van der Waals surface area contributed by atoms with Gasteiger partial charge in [-0.25, -0.2) is 8.78 Å². The van der Waals surface area contributed by atoms with E-state index in [1.165, 1.54) is 12.1 Å². The largest absolute Gasteiger partial charge is 0.488 e. The molecule has 0 spiro atoms. The first kappa shape index (κ1) is 14.5. The molecule has 0 saturated carbocycles. The third-order valence-corrected chi connectivity index (χ3v) is 3.45. The van der Waals surface area contributed by atoms with Crippen molar-refractivity contribution in [2.75, 3.05) is 0 Å². The highest BCUT2D eigenvalue weighted by molar-refractivity contribution is 5.89. The molecule has 4 heteroatoms. The van der Waals surface area contributed by atoms with Crippen LogP contribution in [0.3, 0.4) is 0 Å². The molecule has 0 aliphatic heterocycles. The standard InChI is InChI=1S/C18H14F2O2/c19-15-7-6-14-8-13(10-21)9-16(17(14)18(15)20)22-11-12-4-2-1-3-5-12/h1-9,21H,10-11H2. The second kappa shape index (κ2) is 6.12. The summed E-state index contributed by atoms with van der Waals surface area (Å²) >= 11 is 0. The molecule has 3 aromatic rings. The van der Waals surface area contributed by atoms with Crippen molar-refractivity contribution in [1.29, 1.82) is 0 Å². The van der Waals surface area contributed by atoms with Crippen molar-refractivity contribution in [2.45, 2.75) is 13.2 Å². The van der Waals surface area contributed by atoms with E-state index in [4.69, 9.17) is 4.74 Å². The molecule has 0 heterocycles. The highest BCUT2D eigenvalue weighted by atomic mass is 19.2. The normalized spacial score (nSPS) is 10.9. The molecule has 3 aromatic carbocycles. The lowest BCUT2D eigenvalue weighted by molar-refractivity contribution is 0.278. The van der Waals surface area contributed by atoms with E-state index in [1.54, 1.807) is 6.07 Å². The molecule has 0 aliphatic rings. The van der Waals surface area contributed by atoms with Gasteiger partial charge in [0.05, 0.1) is 12.0 Å². The van der Waals surface area contributed by atoms with Crippen molar-refractivity contribution >= 4 is 10.8 Å². The number of benzene rings is 3. The fourth-order valence-electron chi connectivity index (χ4n) is 2.36. The highest BCUT2D eigenvalue weighted by Crippen LogP contribution is 2.32. The van der Waals surface area contributed by atoms with Gasteiger partial charge in [-0.15, -0.1) is 0 Å². The van der Waals surface area contributed by atoms with Crippen LogP contribution in [-0.2, 0) is 13.2 Å². The van der Waals surface area contributed by atoms with Crippen molar-refractivity contribution < 1.29 is 18.6 Å². The number of halogens is 2. The van der Waals surface area contributed by atoms with E-state index in [-0.39, 0.29) is 24.3 Å². The van der Waals surface area contributed by atoms with E-state index in [1.807, 2.05) is 30.3 Å². The van der Waals surface area contributed by atoms with Crippen LogP contribution in [-0.4, -0.2) is 5.11 Å². The van der Waals surface area contributed by atoms with Crippen LogP contribution in [0.2, 0.25) is 0 Å². The van der Waals surface area contributed by atoms with Gasteiger partial charge in [0.25, 0.3) is 0 Å². The summed E-state index contributed by atoms with van der Waals surface area (Å²) in [5, 5.41) is 9.89. The highest BCUT2D eigenvalue weighted by Gasteiger charge is 2.14. The maximum absolute atomic E-state index is 14.1. The number of ether oxygens (including phenoxy) is 1. The summed E-state index contributed by atoms with van der Waals surface area (Å²) < 4.78 is 33.3. The molecule has 0 amide bonds. The average Bonchev–Trinajstić information content (AvgIpc) is 2.56. The molecule has 2 nitrogen and oxygen atoms in total. The van der Waals surface area contributed by atoms with E-state index in [2.05, 4.69) is 0 Å². The van der Waals surface area contributed by atoms with Gasteiger partial charge in [0.15, 0.2) is 11.6 Å². The first-order valence-electron chi connectivity index (χ1n) is 6.87. The van der Waals surface area contributed by atoms with Crippen LogP contribution >= 0.6 is 0 Å². The SMILES string of the molecule is OCc1cc(OCc2ccccc2)c2c(F)c(F)ccc2c1. The number of rotatable bonds is 4. The molecule has 22 heavy (non-hydrogen) atoms. The number of hydrogen-bond acceptors (Lipinski definition) is 2. The van der Waals surface area contributed by atoms with Gasteiger partial charge in [-0.3, -0.25) is 0 Å². The lowest BCUT2D eigenvalue weighted by Gasteiger charge is -2.12. The zero-order valence-electron chi connectivity index (χ0n) is 11.7. The van der Waals surface area contributed by atoms with E-state index >= 15 is 0 Å². The van der Waals surface area contributed by atoms with Gasteiger partial charge < -0.3 is 9.84 Å². The molecular weight excluding hydrogens is 286 g/mol. The van der Waals surface area contributed by atoms with E-state index in [0.29, 0.717) is 10.9 Å². The summed E-state index contributed by atoms with van der Waals surface area (Å²) in [7, 11) is 0. The molecule has 1 N–H and O–H groups in total.